The Kier molecular flexibility index (Phi) is 6.06. The lowest BCUT2D eigenvalue weighted by Crippen LogP contribution is -2.32. The first kappa shape index (κ1) is 20.7. The fourth-order valence-electron chi connectivity index (χ4n) is 3.71. The standard InChI is InChI=1S/C23H24FN5O2/c1-16-11-19(7-8-20(16)24)29-15-21(26-27-29)23(31)25-13-18-12-22(30)28(14-18)10-9-17-5-3-2-4-6-17/h2-8,11,15,18H,9-10,12-14H2,1H3,(H,25,31). The van der Waals surface area contributed by atoms with Gasteiger partial charge in [0.25, 0.3) is 5.91 Å². The van der Waals surface area contributed by atoms with Gasteiger partial charge >= 0.3 is 0 Å². The first-order chi connectivity index (χ1) is 15.0. The smallest absolute Gasteiger partial charge is 0.273 e. The molecule has 1 aliphatic heterocycles. The summed E-state index contributed by atoms with van der Waals surface area (Å²) >= 11 is 0. The number of nitrogens with zero attached hydrogens (tertiary/aromatic N) is 4. The Morgan fingerprint density at radius 3 is 2.81 bits per heavy atom. The molecule has 2 aromatic carbocycles. The Bertz CT molecular complexity index is 1080. The van der Waals surface area contributed by atoms with Gasteiger partial charge in [0.1, 0.15) is 5.82 Å². The summed E-state index contributed by atoms with van der Waals surface area (Å²) in [5.41, 5.74) is 2.49. The normalized spacial score (nSPS) is 16.0. The fraction of sp³-hybridized carbons (Fsp3) is 0.304. The molecule has 0 bridgehead atoms. The number of carbonyl (C=O) groups excluding carboxylic acids is 2. The number of hydrogen-bond donors (Lipinski definition) is 1. The van der Waals surface area contributed by atoms with Gasteiger partial charge in [-0.25, -0.2) is 9.07 Å². The molecule has 1 unspecified atom stereocenters. The summed E-state index contributed by atoms with van der Waals surface area (Å²) in [5.74, 6) is -0.458. The van der Waals surface area contributed by atoms with Crippen molar-refractivity contribution in [3.63, 3.8) is 0 Å². The molecule has 1 atom stereocenters. The van der Waals surface area contributed by atoms with Crippen LogP contribution in [0.15, 0.2) is 54.7 Å². The van der Waals surface area contributed by atoms with Gasteiger partial charge in [-0.05, 0) is 42.7 Å². The lowest BCUT2D eigenvalue weighted by atomic mass is 10.1. The van der Waals surface area contributed by atoms with Crippen LogP contribution in [0.25, 0.3) is 5.69 Å². The molecule has 3 aromatic rings. The van der Waals surface area contributed by atoms with E-state index >= 15 is 0 Å². The number of halogens is 1. The summed E-state index contributed by atoms with van der Waals surface area (Å²) in [6.45, 7) is 3.37. The maximum absolute atomic E-state index is 13.4. The maximum atomic E-state index is 13.4. The highest BCUT2D eigenvalue weighted by Crippen LogP contribution is 2.18. The average Bonchev–Trinajstić information content (AvgIpc) is 3.40. The van der Waals surface area contributed by atoms with Crippen molar-refractivity contribution in [2.75, 3.05) is 19.6 Å². The van der Waals surface area contributed by atoms with Crippen molar-refractivity contribution < 1.29 is 14.0 Å². The van der Waals surface area contributed by atoms with Crippen LogP contribution in [0.1, 0.15) is 28.0 Å². The van der Waals surface area contributed by atoms with E-state index in [-0.39, 0.29) is 29.2 Å². The zero-order valence-electron chi connectivity index (χ0n) is 17.3. The molecule has 0 saturated carbocycles. The van der Waals surface area contributed by atoms with Crippen LogP contribution in [0.3, 0.4) is 0 Å². The molecule has 1 fully saturated rings. The maximum Gasteiger partial charge on any atom is 0.273 e. The van der Waals surface area contributed by atoms with Crippen LogP contribution in [0.2, 0.25) is 0 Å². The minimum Gasteiger partial charge on any atom is -0.350 e. The first-order valence-electron chi connectivity index (χ1n) is 10.3. The zero-order valence-corrected chi connectivity index (χ0v) is 17.3. The molecular formula is C23H24FN5O2. The van der Waals surface area contributed by atoms with Gasteiger partial charge in [-0.3, -0.25) is 9.59 Å². The number of rotatable bonds is 7. The second-order valence-electron chi connectivity index (χ2n) is 7.84. The Labute approximate surface area is 179 Å². The molecule has 4 rings (SSSR count). The molecule has 31 heavy (non-hydrogen) atoms. The quantitative estimate of drug-likeness (QED) is 0.636. The fourth-order valence-corrected chi connectivity index (χ4v) is 3.71. The van der Waals surface area contributed by atoms with Gasteiger partial charge < -0.3 is 10.2 Å². The Morgan fingerprint density at radius 2 is 2.03 bits per heavy atom. The molecular weight excluding hydrogens is 397 g/mol. The predicted octanol–water partition coefficient (Wildman–Crippen LogP) is 2.54. The molecule has 2 heterocycles. The Morgan fingerprint density at radius 1 is 1.23 bits per heavy atom. The van der Waals surface area contributed by atoms with E-state index in [4.69, 9.17) is 0 Å². The lowest BCUT2D eigenvalue weighted by molar-refractivity contribution is -0.127. The predicted molar refractivity (Wildman–Crippen MR) is 113 cm³/mol. The van der Waals surface area contributed by atoms with Gasteiger partial charge in [-0.15, -0.1) is 5.10 Å². The summed E-state index contributed by atoms with van der Waals surface area (Å²) in [5, 5.41) is 10.7. The van der Waals surface area contributed by atoms with E-state index in [0.29, 0.717) is 37.3 Å². The van der Waals surface area contributed by atoms with Crippen molar-refractivity contribution >= 4 is 11.8 Å². The number of nitrogens with one attached hydrogen (secondary N) is 1. The summed E-state index contributed by atoms with van der Waals surface area (Å²) in [7, 11) is 0. The molecule has 1 saturated heterocycles. The first-order valence-corrected chi connectivity index (χ1v) is 10.3. The van der Waals surface area contributed by atoms with Crippen LogP contribution < -0.4 is 5.32 Å². The van der Waals surface area contributed by atoms with E-state index < -0.39 is 0 Å². The number of hydrogen-bond acceptors (Lipinski definition) is 4. The second-order valence-corrected chi connectivity index (χ2v) is 7.84. The third-order valence-corrected chi connectivity index (χ3v) is 5.49. The molecule has 0 spiro atoms. The number of aromatic nitrogens is 3. The van der Waals surface area contributed by atoms with Crippen LogP contribution in [0.4, 0.5) is 4.39 Å². The van der Waals surface area contributed by atoms with Crippen molar-refractivity contribution in [1.82, 2.24) is 25.2 Å². The van der Waals surface area contributed by atoms with Gasteiger partial charge in [0, 0.05) is 32.0 Å². The number of benzene rings is 2. The van der Waals surface area contributed by atoms with Gasteiger partial charge in [0.2, 0.25) is 5.91 Å². The van der Waals surface area contributed by atoms with Crippen molar-refractivity contribution in [2.24, 2.45) is 5.92 Å². The minimum absolute atomic E-state index is 0.0713. The van der Waals surface area contributed by atoms with Crippen molar-refractivity contribution in [3.05, 3.63) is 77.4 Å². The summed E-state index contributed by atoms with van der Waals surface area (Å²) < 4.78 is 14.9. The topological polar surface area (TPSA) is 80.1 Å². The van der Waals surface area contributed by atoms with Gasteiger partial charge in [0.15, 0.2) is 5.69 Å². The van der Waals surface area contributed by atoms with E-state index in [1.54, 1.807) is 19.1 Å². The Hall–Kier alpha value is -3.55. The third kappa shape index (κ3) is 4.96. The number of carbonyl (C=O) groups is 2. The van der Waals surface area contributed by atoms with Crippen LogP contribution in [-0.4, -0.2) is 51.3 Å². The van der Waals surface area contributed by atoms with Crippen molar-refractivity contribution in [2.45, 2.75) is 19.8 Å². The van der Waals surface area contributed by atoms with Gasteiger partial charge in [0.05, 0.1) is 11.9 Å². The lowest BCUT2D eigenvalue weighted by Gasteiger charge is -2.16. The monoisotopic (exact) mass is 421 g/mol. The van der Waals surface area contributed by atoms with Crippen LogP contribution in [0, 0.1) is 18.7 Å². The summed E-state index contributed by atoms with van der Waals surface area (Å²) in [4.78, 5) is 26.6. The summed E-state index contributed by atoms with van der Waals surface area (Å²) in [6, 6.07) is 14.6. The third-order valence-electron chi connectivity index (χ3n) is 5.49. The zero-order chi connectivity index (χ0) is 21.8. The molecule has 0 aliphatic carbocycles. The molecule has 160 valence electrons. The highest BCUT2D eigenvalue weighted by molar-refractivity contribution is 5.92. The molecule has 2 amide bonds. The Balaban J connectivity index is 1.28. The average molecular weight is 421 g/mol. The van der Waals surface area contributed by atoms with E-state index in [1.807, 2.05) is 23.1 Å². The minimum atomic E-state index is -0.347. The molecule has 0 radical (unpaired) electrons. The molecule has 8 heteroatoms. The van der Waals surface area contributed by atoms with Crippen LogP contribution in [-0.2, 0) is 11.2 Å². The van der Waals surface area contributed by atoms with Crippen LogP contribution in [0.5, 0.6) is 0 Å². The van der Waals surface area contributed by atoms with Crippen molar-refractivity contribution in [3.8, 4) is 5.69 Å². The number of amides is 2. The van der Waals surface area contributed by atoms with Gasteiger partial charge in [-0.1, -0.05) is 35.5 Å². The van der Waals surface area contributed by atoms with E-state index in [0.717, 1.165) is 6.42 Å². The van der Waals surface area contributed by atoms with Crippen LogP contribution >= 0.6 is 0 Å². The summed E-state index contributed by atoms with van der Waals surface area (Å²) in [6.07, 6.45) is 2.75. The molecule has 7 nitrogen and oxygen atoms in total. The van der Waals surface area contributed by atoms with E-state index in [2.05, 4.69) is 27.8 Å². The molecule has 1 N–H and O–H groups in total. The number of likely N-dealkylation sites (tertiary alicyclic amines) is 1. The molecule has 1 aromatic heterocycles. The molecule has 1 aliphatic rings. The SMILES string of the molecule is Cc1cc(-n2cc(C(=O)NCC3CC(=O)N(CCc4ccccc4)C3)nn2)ccc1F. The highest BCUT2D eigenvalue weighted by atomic mass is 19.1. The van der Waals surface area contributed by atoms with E-state index in [1.165, 1.54) is 22.5 Å². The second kappa shape index (κ2) is 9.07. The number of aryl methyl sites for hydroxylation is 1. The highest BCUT2D eigenvalue weighted by Gasteiger charge is 2.29. The van der Waals surface area contributed by atoms with Crippen molar-refractivity contribution in [1.29, 1.82) is 0 Å². The van der Waals surface area contributed by atoms with E-state index in [9.17, 15) is 14.0 Å². The largest absolute Gasteiger partial charge is 0.350 e. The van der Waals surface area contributed by atoms with Gasteiger partial charge in [-0.2, -0.15) is 0 Å².